The van der Waals surface area contributed by atoms with E-state index in [-0.39, 0.29) is 5.25 Å². The number of thioether (sulfide) groups is 1. The Morgan fingerprint density at radius 1 is 1.04 bits per heavy atom. The van der Waals surface area contributed by atoms with Gasteiger partial charge < -0.3 is 10.6 Å². The maximum Gasteiger partial charge on any atom is 0.150 e. The molecule has 0 bridgehead atoms. The number of piperazine rings is 1. The van der Waals surface area contributed by atoms with Crippen LogP contribution in [0, 0.1) is 5.92 Å². The lowest BCUT2D eigenvalue weighted by molar-refractivity contribution is 0.230. The molecular formula is C17H30N2O2S2. The quantitative estimate of drug-likeness (QED) is 0.753. The third-order valence-electron chi connectivity index (χ3n) is 5.57. The van der Waals surface area contributed by atoms with Crippen molar-refractivity contribution in [1.82, 2.24) is 10.6 Å². The molecule has 0 radical (unpaired) electrons. The second-order valence-corrected chi connectivity index (χ2v) is 11.0. The maximum absolute atomic E-state index is 11.7. The highest BCUT2D eigenvalue weighted by atomic mass is 32.2. The van der Waals surface area contributed by atoms with Crippen LogP contribution in [-0.4, -0.2) is 56.1 Å². The second kappa shape index (κ2) is 7.89. The van der Waals surface area contributed by atoms with Crippen LogP contribution in [0.25, 0.3) is 0 Å². The third-order valence-corrected chi connectivity index (χ3v) is 8.60. The van der Waals surface area contributed by atoms with Gasteiger partial charge in [-0.15, -0.1) is 0 Å². The Morgan fingerprint density at radius 3 is 2.48 bits per heavy atom. The summed E-state index contributed by atoms with van der Waals surface area (Å²) in [5.74, 6) is 1.91. The molecule has 4 nitrogen and oxygen atoms in total. The lowest BCUT2D eigenvalue weighted by atomic mass is 9.82. The Balaban J connectivity index is 1.49. The Hall–Kier alpha value is -0.0400. The fraction of sp³-hybridized carbons (Fsp3) is 0.882. The van der Waals surface area contributed by atoms with Crippen LogP contribution in [0.3, 0.4) is 0 Å². The molecule has 0 aromatic rings. The average molecular weight is 359 g/mol. The highest BCUT2D eigenvalue weighted by Gasteiger charge is 2.33. The van der Waals surface area contributed by atoms with E-state index in [0.29, 0.717) is 23.3 Å². The van der Waals surface area contributed by atoms with Crippen LogP contribution in [0.15, 0.2) is 12.2 Å². The van der Waals surface area contributed by atoms with Gasteiger partial charge in [-0.25, -0.2) is 8.42 Å². The smallest absolute Gasteiger partial charge is 0.150 e. The van der Waals surface area contributed by atoms with Crippen molar-refractivity contribution >= 4 is 21.6 Å². The summed E-state index contributed by atoms with van der Waals surface area (Å²) < 4.78 is 23.4. The normalized spacial score (nSPS) is 39.8. The standard InChI is InChI=1S/C17H30N2O2S2/c1-23(20,21)16-8-4-13(5-9-16)17-12-18-11-14(19-17)6-7-15-3-2-10-22-15/h6-7,13-19H,2-5,8-12H2,1H3/b7-6-. The molecule has 6 heteroatoms. The van der Waals surface area contributed by atoms with Crippen LogP contribution in [0.5, 0.6) is 0 Å². The fourth-order valence-corrected chi connectivity index (χ4v) is 6.44. The van der Waals surface area contributed by atoms with E-state index in [2.05, 4.69) is 34.5 Å². The van der Waals surface area contributed by atoms with Crippen LogP contribution >= 0.6 is 11.8 Å². The van der Waals surface area contributed by atoms with Crippen molar-refractivity contribution in [2.24, 2.45) is 5.92 Å². The van der Waals surface area contributed by atoms with Crippen molar-refractivity contribution in [2.75, 3.05) is 25.1 Å². The first kappa shape index (κ1) is 17.8. The van der Waals surface area contributed by atoms with Crippen LogP contribution in [0.4, 0.5) is 0 Å². The van der Waals surface area contributed by atoms with Crippen LogP contribution in [0.2, 0.25) is 0 Å². The summed E-state index contributed by atoms with van der Waals surface area (Å²) in [6.45, 7) is 2.01. The second-order valence-electron chi connectivity index (χ2n) is 7.34. The molecule has 3 fully saturated rings. The van der Waals surface area contributed by atoms with E-state index in [1.165, 1.54) is 24.9 Å². The molecule has 0 aromatic heterocycles. The van der Waals surface area contributed by atoms with Crippen molar-refractivity contribution < 1.29 is 8.42 Å². The van der Waals surface area contributed by atoms with Crippen molar-refractivity contribution in [3.63, 3.8) is 0 Å². The van der Waals surface area contributed by atoms with Gasteiger partial charge in [0.25, 0.3) is 0 Å². The van der Waals surface area contributed by atoms with Gasteiger partial charge >= 0.3 is 0 Å². The summed E-state index contributed by atoms with van der Waals surface area (Å²) in [6.07, 6.45) is 12.5. The van der Waals surface area contributed by atoms with Crippen molar-refractivity contribution in [3.8, 4) is 0 Å². The van der Waals surface area contributed by atoms with E-state index in [0.717, 1.165) is 38.8 Å². The molecular weight excluding hydrogens is 328 g/mol. The van der Waals surface area contributed by atoms with Gasteiger partial charge in [0.2, 0.25) is 0 Å². The fourth-order valence-electron chi connectivity index (χ4n) is 4.15. The number of hydrogen-bond acceptors (Lipinski definition) is 5. The molecule has 0 aromatic carbocycles. The van der Waals surface area contributed by atoms with E-state index < -0.39 is 9.84 Å². The van der Waals surface area contributed by atoms with Crippen LogP contribution in [-0.2, 0) is 9.84 Å². The van der Waals surface area contributed by atoms with Gasteiger partial charge in [-0.3, -0.25) is 0 Å². The maximum atomic E-state index is 11.7. The number of sulfone groups is 1. The Labute approximate surface area is 145 Å². The first-order chi connectivity index (χ1) is 11.0. The van der Waals surface area contributed by atoms with Gasteiger partial charge in [0.05, 0.1) is 5.25 Å². The van der Waals surface area contributed by atoms with Crippen molar-refractivity contribution in [3.05, 3.63) is 12.2 Å². The molecule has 2 aliphatic heterocycles. The van der Waals surface area contributed by atoms with Crippen LogP contribution in [0.1, 0.15) is 38.5 Å². The molecule has 1 saturated carbocycles. The molecule has 132 valence electrons. The minimum absolute atomic E-state index is 0.106. The predicted octanol–water partition coefficient (Wildman–Crippen LogP) is 1.97. The minimum Gasteiger partial charge on any atom is -0.313 e. The van der Waals surface area contributed by atoms with Gasteiger partial charge in [0, 0.05) is 36.7 Å². The molecule has 0 spiro atoms. The summed E-state index contributed by atoms with van der Waals surface area (Å²) in [4.78, 5) is 0. The topological polar surface area (TPSA) is 58.2 Å². The minimum atomic E-state index is -2.86. The molecule has 23 heavy (non-hydrogen) atoms. The first-order valence-corrected chi connectivity index (χ1v) is 12.0. The number of nitrogens with one attached hydrogen (secondary N) is 2. The lowest BCUT2D eigenvalue weighted by Gasteiger charge is -2.38. The molecule has 3 atom stereocenters. The molecule has 2 heterocycles. The Morgan fingerprint density at radius 2 is 1.83 bits per heavy atom. The average Bonchev–Trinajstić information content (AvgIpc) is 3.06. The summed E-state index contributed by atoms with van der Waals surface area (Å²) in [7, 11) is -2.86. The van der Waals surface area contributed by atoms with E-state index in [9.17, 15) is 8.42 Å². The zero-order valence-electron chi connectivity index (χ0n) is 14.0. The lowest BCUT2D eigenvalue weighted by Crippen LogP contribution is -2.57. The highest BCUT2D eigenvalue weighted by molar-refractivity contribution is 8.00. The van der Waals surface area contributed by atoms with Gasteiger partial charge in [-0.05, 0) is 50.2 Å². The molecule has 1 aliphatic carbocycles. The predicted molar refractivity (Wildman–Crippen MR) is 98.8 cm³/mol. The van der Waals surface area contributed by atoms with Gasteiger partial charge in [0.15, 0.2) is 0 Å². The zero-order valence-corrected chi connectivity index (χ0v) is 15.7. The van der Waals surface area contributed by atoms with E-state index in [1.807, 2.05) is 0 Å². The van der Waals surface area contributed by atoms with E-state index in [1.54, 1.807) is 0 Å². The monoisotopic (exact) mass is 358 g/mol. The largest absolute Gasteiger partial charge is 0.313 e. The summed E-state index contributed by atoms with van der Waals surface area (Å²) in [5.41, 5.74) is 0. The van der Waals surface area contributed by atoms with E-state index in [4.69, 9.17) is 0 Å². The van der Waals surface area contributed by atoms with E-state index >= 15 is 0 Å². The third kappa shape index (κ3) is 4.97. The molecule has 3 aliphatic rings. The molecule has 2 N–H and O–H groups in total. The van der Waals surface area contributed by atoms with Crippen molar-refractivity contribution in [1.29, 1.82) is 0 Å². The van der Waals surface area contributed by atoms with Gasteiger partial charge in [-0.2, -0.15) is 11.8 Å². The first-order valence-electron chi connectivity index (χ1n) is 8.98. The summed E-state index contributed by atoms with van der Waals surface area (Å²) in [5, 5.41) is 7.96. The van der Waals surface area contributed by atoms with Gasteiger partial charge in [0.1, 0.15) is 9.84 Å². The van der Waals surface area contributed by atoms with Gasteiger partial charge in [-0.1, -0.05) is 12.2 Å². The molecule has 3 unspecified atom stereocenters. The Bertz CT molecular complexity index is 507. The summed E-state index contributed by atoms with van der Waals surface area (Å²) >= 11 is 2.07. The number of rotatable bonds is 4. The summed E-state index contributed by atoms with van der Waals surface area (Å²) in [6, 6.07) is 0.901. The number of hydrogen-bond donors (Lipinski definition) is 2. The zero-order chi connectivity index (χ0) is 16.3. The Kier molecular flexibility index (Phi) is 6.10. The highest BCUT2D eigenvalue weighted by Crippen LogP contribution is 2.31. The molecule has 3 rings (SSSR count). The molecule has 0 amide bonds. The SMILES string of the molecule is CS(=O)(=O)C1CCC(C2CNCC(/C=C\C3CCCS3)N2)CC1. The van der Waals surface area contributed by atoms with Crippen LogP contribution < -0.4 is 10.6 Å². The van der Waals surface area contributed by atoms with Crippen molar-refractivity contribution in [2.45, 2.75) is 61.1 Å². The molecule has 2 saturated heterocycles.